The van der Waals surface area contributed by atoms with Gasteiger partial charge in [0.1, 0.15) is 11.3 Å². The molecule has 0 aliphatic rings. The Morgan fingerprint density at radius 2 is 2.08 bits per heavy atom. The average molecular weight is 350 g/mol. The van der Waals surface area contributed by atoms with Crippen LogP contribution in [0.1, 0.15) is 54.9 Å². The van der Waals surface area contributed by atoms with Crippen molar-refractivity contribution in [3.8, 4) is 0 Å². The molecule has 0 saturated carbocycles. The lowest BCUT2D eigenvalue weighted by Gasteiger charge is -2.20. The van der Waals surface area contributed by atoms with Gasteiger partial charge < -0.3 is 5.32 Å². The van der Waals surface area contributed by atoms with Crippen molar-refractivity contribution >= 4 is 11.6 Å². The average Bonchev–Trinajstić information content (AvgIpc) is 3.08. The Kier molecular flexibility index (Phi) is 5.66. The lowest BCUT2D eigenvalue weighted by Crippen LogP contribution is -2.30. The summed E-state index contributed by atoms with van der Waals surface area (Å²) in [4.78, 5) is 21.6. The summed E-state index contributed by atoms with van der Waals surface area (Å²) in [7, 11) is 0. The summed E-state index contributed by atoms with van der Waals surface area (Å²) < 4.78 is 1.87. The SMILES string of the molecule is CCc1cn2c(C(=O)NCC(CC(C)C)c3cccnc3)cccc2n1. The number of amides is 1. The minimum absolute atomic E-state index is 0.0756. The van der Waals surface area contributed by atoms with Gasteiger partial charge in [-0.1, -0.05) is 32.9 Å². The van der Waals surface area contributed by atoms with Gasteiger partial charge in [-0.2, -0.15) is 0 Å². The number of hydrogen-bond acceptors (Lipinski definition) is 3. The van der Waals surface area contributed by atoms with Gasteiger partial charge in [-0.05, 0) is 42.5 Å². The third kappa shape index (κ3) is 4.10. The Hall–Kier alpha value is -2.69. The zero-order chi connectivity index (χ0) is 18.5. The van der Waals surface area contributed by atoms with Crippen molar-refractivity contribution in [2.45, 2.75) is 39.5 Å². The van der Waals surface area contributed by atoms with Gasteiger partial charge >= 0.3 is 0 Å². The van der Waals surface area contributed by atoms with E-state index in [1.165, 1.54) is 0 Å². The highest BCUT2D eigenvalue weighted by atomic mass is 16.1. The third-order valence-corrected chi connectivity index (χ3v) is 4.56. The Balaban J connectivity index is 1.77. The number of hydrogen-bond donors (Lipinski definition) is 1. The highest BCUT2D eigenvalue weighted by Gasteiger charge is 2.17. The Bertz CT molecular complexity index is 870. The van der Waals surface area contributed by atoms with E-state index in [2.05, 4.69) is 42.1 Å². The van der Waals surface area contributed by atoms with Crippen molar-refractivity contribution in [1.82, 2.24) is 19.7 Å². The first-order chi connectivity index (χ1) is 12.6. The van der Waals surface area contributed by atoms with Crippen LogP contribution in [-0.4, -0.2) is 26.8 Å². The summed E-state index contributed by atoms with van der Waals surface area (Å²) in [6.45, 7) is 7.05. The normalized spacial score (nSPS) is 12.5. The molecule has 0 spiro atoms. The van der Waals surface area contributed by atoms with Gasteiger partial charge in [0.05, 0.1) is 5.69 Å². The van der Waals surface area contributed by atoms with Crippen molar-refractivity contribution in [1.29, 1.82) is 0 Å². The summed E-state index contributed by atoms with van der Waals surface area (Å²) in [5.41, 5.74) is 3.57. The monoisotopic (exact) mass is 350 g/mol. The van der Waals surface area contributed by atoms with Crippen molar-refractivity contribution in [2.24, 2.45) is 5.92 Å². The zero-order valence-electron chi connectivity index (χ0n) is 15.6. The molecule has 0 aliphatic carbocycles. The minimum Gasteiger partial charge on any atom is -0.350 e. The number of imidazole rings is 1. The molecule has 5 nitrogen and oxygen atoms in total. The van der Waals surface area contributed by atoms with Gasteiger partial charge in [-0.3, -0.25) is 14.2 Å². The molecule has 0 aliphatic heterocycles. The van der Waals surface area contributed by atoms with Crippen LogP contribution in [0.5, 0.6) is 0 Å². The number of aryl methyl sites for hydroxylation is 1. The smallest absolute Gasteiger partial charge is 0.268 e. The Labute approximate surface area is 154 Å². The fraction of sp³-hybridized carbons (Fsp3) is 0.381. The molecule has 0 radical (unpaired) electrons. The second kappa shape index (κ2) is 8.13. The summed E-state index contributed by atoms with van der Waals surface area (Å²) in [5, 5.41) is 3.11. The van der Waals surface area contributed by atoms with Gasteiger partial charge in [0.15, 0.2) is 0 Å². The second-order valence-electron chi connectivity index (χ2n) is 7.05. The van der Waals surface area contributed by atoms with Gasteiger partial charge in [0.2, 0.25) is 0 Å². The zero-order valence-corrected chi connectivity index (χ0v) is 15.6. The topological polar surface area (TPSA) is 59.3 Å². The number of pyridine rings is 2. The summed E-state index contributed by atoms with van der Waals surface area (Å²) in [6, 6.07) is 9.67. The predicted molar refractivity (Wildman–Crippen MR) is 103 cm³/mol. The van der Waals surface area contributed by atoms with E-state index in [1.807, 2.05) is 41.1 Å². The van der Waals surface area contributed by atoms with Crippen LogP contribution in [0.15, 0.2) is 48.9 Å². The summed E-state index contributed by atoms with van der Waals surface area (Å²) in [6.07, 6.45) is 7.46. The first-order valence-corrected chi connectivity index (χ1v) is 9.23. The van der Waals surface area contributed by atoms with Crippen LogP contribution in [-0.2, 0) is 6.42 Å². The van der Waals surface area contributed by atoms with Crippen molar-refractivity contribution in [3.05, 3.63) is 65.9 Å². The summed E-state index contributed by atoms with van der Waals surface area (Å²) in [5.74, 6) is 0.718. The number of rotatable bonds is 7. The maximum Gasteiger partial charge on any atom is 0.268 e. The van der Waals surface area contributed by atoms with Crippen LogP contribution in [0.4, 0.5) is 0 Å². The summed E-state index contributed by atoms with van der Waals surface area (Å²) >= 11 is 0. The van der Waals surface area contributed by atoms with Crippen LogP contribution in [0.25, 0.3) is 5.65 Å². The quantitative estimate of drug-likeness (QED) is 0.704. The van der Waals surface area contributed by atoms with E-state index < -0.39 is 0 Å². The lowest BCUT2D eigenvalue weighted by molar-refractivity contribution is 0.0943. The first-order valence-electron chi connectivity index (χ1n) is 9.23. The Morgan fingerprint density at radius 1 is 1.23 bits per heavy atom. The number of carbonyl (C=O) groups is 1. The largest absolute Gasteiger partial charge is 0.350 e. The number of nitrogens with zero attached hydrogens (tertiary/aromatic N) is 3. The van der Waals surface area contributed by atoms with Crippen LogP contribution in [0.3, 0.4) is 0 Å². The van der Waals surface area contributed by atoms with E-state index in [-0.39, 0.29) is 11.8 Å². The van der Waals surface area contributed by atoms with Crippen LogP contribution < -0.4 is 5.32 Å². The van der Waals surface area contributed by atoms with Gasteiger partial charge in [-0.15, -0.1) is 0 Å². The first kappa shape index (κ1) is 18.1. The number of aromatic nitrogens is 3. The van der Waals surface area contributed by atoms with Crippen LogP contribution >= 0.6 is 0 Å². The maximum atomic E-state index is 12.8. The van der Waals surface area contributed by atoms with Crippen molar-refractivity contribution < 1.29 is 4.79 Å². The molecule has 5 heteroatoms. The molecule has 0 bridgehead atoms. The van der Waals surface area contributed by atoms with E-state index >= 15 is 0 Å². The molecule has 3 heterocycles. The molecule has 1 unspecified atom stereocenters. The van der Waals surface area contributed by atoms with Crippen molar-refractivity contribution in [2.75, 3.05) is 6.54 Å². The molecule has 1 amide bonds. The maximum absolute atomic E-state index is 12.8. The highest BCUT2D eigenvalue weighted by Crippen LogP contribution is 2.22. The lowest BCUT2D eigenvalue weighted by atomic mass is 9.91. The fourth-order valence-electron chi connectivity index (χ4n) is 3.25. The predicted octanol–water partition coefficient (Wildman–Crippen LogP) is 3.85. The van der Waals surface area contributed by atoms with E-state index in [9.17, 15) is 4.79 Å². The van der Waals surface area contributed by atoms with E-state index in [0.29, 0.717) is 18.2 Å². The molecule has 136 valence electrons. The number of carbonyl (C=O) groups excluding carboxylic acids is 1. The molecule has 1 atom stereocenters. The molecule has 26 heavy (non-hydrogen) atoms. The van der Waals surface area contributed by atoms with Crippen LogP contribution in [0, 0.1) is 5.92 Å². The molecule has 3 aromatic rings. The van der Waals surface area contributed by atoms with Crippen LogP contribution in [0.2, 0.25) is 0 Å². The molecule has 0 fully saturated rings. The van der Waals surface area contributed by atoms with Crippen molar-refractivity contribution in [3.63, 3.8) is 0 Å². The number of fused-ring (bicyclic) bond motifs is 1. The molecular weight excluding hydrogens is 324 g/mol. The third-order valence-electron chi connectivity index (χ3n) is 4.56. The second-order valence-corrected chi connectivity index (χ2v) is 7.05. The molecule has 0 aromatic carbocycles. The molecule has 3 rings (SSSR count). The standard InChI is InChI=1S/C21H26N4O/c1-4-18-14-25-19(8-5-9-20(25)24-18)21(26)23-13-17(11-15(2)3)16-7-6-10-22-12-16/h5-10,12,14-15,17H,4,11,13H2,1-3H3,(H,23,26). The fourth-order valence-corrected chi connectivity index (χ4v) is 3.25. The Morgan fingerprint density at radius 3 is 2.77 bits per heavy atom. The van der Waals surface area contributed by atoms with E-state index in [1.54, 1.807) is 6.20 Å². The van der Waals surface area contributed by atoms with Gasteiger partial charge in [0, 0.05) is 31.1 Å². The molecule has 1 N–H and O–H groups in total. The van der Waals surface area contributed by atoms with E-state index in [4.69, 9.17) is 0 Å². The highest BCUT2D eigenvalue weighted by molar-refractivity contribution is 5.93. The number of nitrogens with one attached hydrogen (secondary N) is 1. The molecule has 3 aromatic heterocycles. The minimum atomic E-state index is -0.0756. The molecular formula is C21H26N4O. The van der Waals surface area contributed by atoms with Gasteiger partial charge in [0.25, 0.3) is 5.91 Å². The molecule has 0 saturated heterocycles. The van der Waals surface area contributed by atoms with Gasteiger partial charge in [-0.25, -0.2) is 4.98 Å². The van der Waals surface area contributed by atoms with E-state index in [0.717, 1.165) is 29.7 Å².